The Hall–Kier alpha value is -1.59. The monoisotopic (exact) mass is 384 g/mol. The van der Waals surface area contributed by atoms with Crippen molar-refractivity contribution in [3.05, 3.63) is 29.8 Å². The highest BCUT2D eigenvalue weighted by molar-refractivity contribution is 5.80. The molecule has 1 atom stereocenters. The summed E-state index contributed by atoms with van der Waals surface area (Å²) in [6.45, 7) is 5.60. The number of hydrogen-bond acceptors (Lipinski definition) is 4. The molecule has 5 nitrogen and oxygen atoms in total. The maximum atomic E-state index is 12.4. The van der Waals surface area contributed by atoms with Gasteiger partial charge in [-0.15, -0.1) is 0 Å². The largest absolute Gasteiger partial charge is 0.496 e. The molecule has 3 heterocycles. The van der Waals surface area contributed by atoms with Gasteiger partial charge in [-0.05, 0) is 62.7 Å². The Balaban J connectivity index is 1.13. The van der Waals surface area contributed by atoms with Crippen LogP contribution >= 0.6 is 0 Å². The average Bonchev–Trinajstić information content (AvgIpc) is 3.11. The Labute approximate surface area is 168 Å². The van der Waals surface area contributed by atoms with Gasteiger partial charge in [0.1, 0.15) is 5.75 Å². The summed E-state index contributed by atoms with van der Waals surface area (Å²) in [4.78, 5) is 17.2. The molecule has 28 heavy (non-hydrogen) atoms. The smallest absolute Gasteiger partial charge is 0.230 e. The first-order chi connectivity index (χ1) is 13.7. The first kappa shape index (κ1) is 18.4. The third kappa shape index (κ3) is 3.22. The van der Waals surface area contributed by atoms with E-state index in [9.17, 15) is 4.79 Å². The molecule has 0 aromatic heterocycles. The van der Waals surface area contributed by atoms with E-state index in [4.69, 9.17) is 9.47 Å². The van der Waals surface area contributed by atoms with E-state index in [0.717, 1.165) is 18.8 Å². The molecule has 1 amide bonds. The third-order valence-electron chi connectivity index (χ3n) is 7.65. The molecule has 4 aliphatic rings. The number of rotatable bonds is 4. The van der Waals surface area contributed by atoms with E-state index in [0.29, 0.717) is 36.5 Å². The molecule has 3 saturated heterocycles. The van der Waals surface area contributed by atoms with Crippen molar-refractivity contribution >= 4 is 5.91 Å². The molecule has 1 spiro atoms. The van der Waals surface area contributed by atoms with Gasteiger partial charge in [0.2, 0.25) is 5.91 Å². The van der Waals surface area contributed by atoms with Crippen LogP contribution in [0.25, 0.3) is 0 Å². The fraction of sp³-hybridized carbons (Fsp3) is 0.696. The standard InChI is InChI=1S/C23H32N2O3/c1-27-21-5-3-2-4-20(21)17-7-10-24(11-8-17)19-6-9-23(12-19)15-25(16-23)22(26)18-13-28-14-18/h2-5,17-19H,6-16H2,1H3. The molecule has 4 fully saturated rings. The van der Waals surface area contributed by atoms with Crippen molar-refractivity contribution in [2.75, 3.05) is 46.5 Å². The van der Waals surface area contributed by atoms with Gasteiger partial charge >= 0.3 is 0 Å². The van der Waals surface area contributed by atoms with E-state index in [2.05, 4.69) is 34.1 Å². The third-order valence-corrected chi connectivity index (χ3v) is 7.65. The number of hydrogen-bond donors (Lipinski definition) is 0. The van der Waals surface area contributed by atoms with E-state index in [-0.39, 0.29) is 5.92 Å². The van der Waals surface area contributed by atoms with E-state index in [1.807, 2.05) is 0 Å². The quantitative estimate of drug-likeness (QED) is 0.801. The molecule has 0 N–H and O–H groups in total. The van der Waals surface area contributed by atoms with Crippen LogP contribution in [0.4, 0.5) is 0 Å². The second kappa shape index (κ2) is 7.34. The van der Waals surface area contributed by atoms with Gasteiger partial charge in [0.15, 0.2) is 0 Å². The molecular weight excluding hydrogens is 352 g/mol. The molecule has 3 aliphatic heterocycles. The summed E-state index contributed by atoms with van der Waals surface area (Å²) in [7, 11) is 1.77. The Morgan fingerprint density at radius 2 is 1.89 bits per heavy atom. The van der Waals surface area contributed by atoms with E-state index in [1.54, 1.807) is 7.11 Å². The SMILES string of the molecule is COc1ccccc1C1CCN(C2CCC3(C2)CN(C(=O)C2COC2)C3)CC1. The van der Waals surface area contributed by atoms with Crippen LogP contribution in [0.2, 0.25) is 0 Å². The van der Waals surface area contributed by atoms with Crippen LogP contribution in [0.5, 0.6) is 5.75 Å². The molecular formula is C23H32N2O3. The molecule has 5 rings (SSSR count). The summed E-state index contributed by atoms with van der Waals surface area (Å²) in [5.74, 6) is 2.13. The van der Waals surface area contributed by atoms with Gasteiger partial charge in [0, 0.05) is 24.5 Å². The fourth-order valence-corrected chi connectivity index (χ4v) is 5.91. The number of benzene rings is 1. The first-order valence-corrected chi connectivity index (χ1v) is 10.9. The van der Waals surface area contributed by atoms with Gasteiger partial charge < -0.3 is 19.3 Å². The molecule has 1 aliphatic carbocycles. The number of carbonyl (C=O) groups excluding carboxylic acids is 1. The average molecular weight is 385 g/mol. The molecule has 1 saturated carbocycles. The second-order valence-electron chi connectivity index (χ2n) is 9.38. The minimum absolute atomic E-state index is 0.142. The zero-order chi connectivity index (χ0) is 19.1. The fourth-order valence-electron chi connectivity index (χ4n) is 5.91. The molecule has 0 radical (unpaired) electrons. The zero-order valence-electron chi connectivity index (χ0n) is 16.9. The number of nitrogens with zero attached hydrogens (tertiary/aromatic N) is 2. The Morgan fingerprint density at radius 3 is 2.57 bits per heavy atom. The highest BCUT2D eigenvalue weighted by atomic mass is 16.5. The van der Waals surface area contributed by atoms with Crippen molar-refractivity contribution in [3.63, 3.8) is 0 Å². The van der Waals surface area contributed by atoms with Crippen molar-refractivity contribution in [1.29, 1.82) is 0 Å². The van der Waals surface area contributed by atoms with E-state index >= 15 is 0 Å². The lowest BCUT2D eigenvalue weighted by molar-refractivity contribution is -0.161. The van der Waals surface area contributed by atoms with Gasteiger partial charge in [-0.2, -0.15) is 0 Å². The summed E-state index contributed by atoms with van der Waals surface area (Å²) in [5, 5.41) is 0. The van der Waals surface area contributed by atoms with Gasteiger partial charge in [-0.1, -0.05) is 18.2 Å². The van der Waals surface area contributed by atoms with Crippen LogP contribution in [0, 0.1) is 11.3 Å². The van der Waals surface area contributed by atoms with Crippen LogP contribution in [0.3, 0.4) is 0 Å². The molecule has 1 aromatic rings. The van der Waals surface area contributed by atoms with Crippen molar-refractivity contribution < 1.29 is 14.3 Å². The zero-order valence-corrected chi connectivity index (χ0v) is 16.9. The summed E-state index contributed by atoms with van der Waals surface area (Å²) in [6, 6.07) is 9.21. The predicted molar refractivity (Wildman–Crippen MR) is 108 cm³/mol. The normalized spacial score (nSPS) is 28.2. The van der Waals surface area contributed by atoms with Gasteiger partial charge in [0.25, 0.3) is 0 Å². The number of likely N-dealkylation sites (tertiary alicyclic amines) is 2. The molecule has 0 bridgehead atoms. The van der Waals surface area contributed by atoms with Crippen molar-refractivity contribution in [2.45, 2.75) is 44.1 Å². The Morgan fingerprint density at radius 1 is 1.14 bits per heavy atom. The molecule has 1 aromatic carbocycles. The summed E-state index contributed by atoms with van der Waals surface area (Å²) < 4.78 is 10.8. The predicted octanol–water partition coefficient (Wildman–Crippen LogP) is 2.90. The first-order valence-electron chi connectivity index (χ1n) is 10.9. The number of carbonyl (C=O) groups is 1. The number of piperidine rings is 1. The van der Waals surface area contributed by atoms with Crippen LogP contribution < -0.4 is 4.74 Å². The Kier molecular flexibility index (Phi) is 4.84. The van der Waals surface area contributed by atoms with Crippen molar-refractivity contribution in [2.24, 2.45) is 11.3 Å². The number of para-hydroxylation sites is 1. The minimum Gasteiger partial charge on any atom is -0.496 e. The lowest BCUT2D eigenvalue weighted by atomic mass is 9.77. The second-order valence-corrected chi connectivity index (χ2v) is 9.38. The summed E-state index contributed by atoms with van der Waals surface area (Å²) in [5.41, 5.74) is 1.78. The number of amides is 1. The highest BCUT2D eigenvalue weighted by Crippen LogP contribution is 2.48. The molecule has 152 valence electrons. The van der Waals surface area contributed by atoms with Crippen LogP contribution in [0.1, 0.15) is 43.6 Å². The van der Waals surface area contributed by atoms with Crippen molar-refractivity contribution in [1.82, 2.24) is 9.80 Å². The number of ether oxygens (including phenoxy) is 2. The molecule has 1 unspecified atom stereocenters. The minimum atomic E-state index is 0.142. The van der Waals surface area contributed by atoms with E-state index in [1.165, 1.54) is 50.8 Å². The lowest BCUT2D eigenvalue weighted by Gasteiger charge is -2.50. The van der Waals surface area contributed by atoms with Crippen LogP contribution in [-0.4, -0.2) is 68.3 Å². The topological polar surface area (TPSA) is 42.0 Å². The van der Waals surface area contributed by atoms with Gasteiger partial charge in [0.05, 0.1) is 26.2 Å². The van der Waals surface area contributed by atoms with Crippen molar-refractivity contribution in [3.8, 4) is 5.75 Å². The van der Waals surface area contributed by atoms with E-state index < -0.39 is 0 Å². The lowest BCUT2D eigenvalue weighted by Crippen LogP contribution is -2.61. The van der Waals surface area contributed by atoms with Gasteiger partial charge in [-0.25, -0.2) is 0 Å². The summed E-state index contributed by atoms with van der Waals surface area (Å²) >= 11 is 0. The van der Waals surface area contributed by atoms with Gasteiger partial charge in [-0.3, -0.25) is 4.79 Å². The highest BCUT2D eigenvalue weighted by Gasteiger charge is 2.52. The summed E-state index contributed by atoms with van der Waals surface area (Å²) in [6.07, 6.45) is 6.30. The van der Waals surface area contributed by atoms with Crippen LogP contribution in [0.15, 0.2) is 24.3 Å². The molecule has 5 heteroatoms. The number of methoxy groups -OCH3 is 1. The Bertz CT molecular complexity index is 718. The van der Waals surface area contributed by atoms with Crippen LogP contribution in [-0.2, 0) is 9.53 Å². The maximum absolute atomic E-state index is 12.4. The maximum Gasteiger partial charge on any atom is 0.230 e.